The Morgan fingerprint density at radius 3 is 2.53 bits per heavy atom. The first-order valence-electron chi connectivity index (χ1n) is 3.94. The van der Waals surface area contributed by atoms with Crippen LogP contribution in [0.1, 0.15) is 11.8 Å². The Morgan fingerprint density at radius 1 is 1.47 bits per heavy atom. The number of carboxylic acid groups (broad SMARTS) is 1. The molecule has 2 unspecified atom stereocenters. The van der Waals surface area contributed by atoms with Gasteiger partial charge in [-0.25, -0.2) is 9.78 Å². The number of nitrogens with two attached hydrogens (primary N) is 1. The Hall–Kier alpha value is -1.37. The van der Waals surface area contributed by atoms with Crippen molar-refractivity contribution < 1.29 is 20.1 Å². The third kappa shape index (κ3) is 2.56. The maximum atomic E-state index is 10.4. The van der Waals surface area contributed by atoms with Gasteiger partial charge in [-0.2, -0.15) is 0 Å². The van der Waals surface area contributed by atoms with Crippen molar-refractivity contribution in [2.24, 2.45) is 0 Å². The zero-order valence-electron chi connectivity index (χ0n) is 7.46. The summed E-state index contributed by atoms with van der Waals surface area (Å²) in [4.78, 5) is 14.0. The summed E-state index contributed by atoms with van der Waals surface area (Å²) in [6.45, 7) is 0. The zero-order valence-corrected chi connectivity index (χ0v) is 8.22. The minimum absolute atomic E-state index is 0.0517. The Bertz CT molecular complexity index is 385. The molecule has 0 radical (unpaired) electrons. The van der Waals surface area contributed by atoms with Crippen LogP contribution < -0.4 is 5.73 Å². The van der Waals surface area contributed by atoms with Crippen molar-refractivity contribution in [3.05, 3.63) is 23.0 Å². The second-order valence-corrected chi connectivity index (χ2v) is 3.20. The van der Waals surface area contributed by atoms with Crippen LogP contribution in [0.15, 0.2) is 12.1 Å². The molecular weight excluding hydrogens is 224 g/mol. The highest BCUT2D eigenvalue weighted by Crippen LogP contribution is 2.21. The smallest absolute Gasteiger partial charge is 0.335 e. The number of aliphatic hydroxyl groups excluding tert-OH is 2. The van der Waals surface area contributed by atoms with Gasteiger partial charge in [0.05, 0.1) is 11.4 Å². The summed E-state index contributed by atoms with van der Waals surface area (Å²) >= 11 is 5.57. The van der Waals surface area contributed by atoms with Crippen molar-refractivity contribution in [2.75, 3.05) is 5.73 Å². The number of hydrogen-bond donors (Lipinski definition) is 4. The molecule has 2 atom stereocenters. The first kappa shape index (κ1) is 11.7. The van der Waals surface area contributed by atoms with Crippen LogP contribution in [-0.4, -0.2) is 32.4 Å². The molecule has 1 aromatic heterocycles. The number of rotatable bonds is 3. The monoisotopic (exact) mass is 232 g/mol. The van der Waals surface area contributed by atoms with Gasteiger partial charge in [0.2, 0.25) is 0 Å². The molecule has 0 fully saturated rings. The summed E-state index contributed by atoms with van der Waals surface area (Å²) in [7, 11) is 0. The number of hydrogen-bond acceptors (Lipinski definition) is 5. The summed E-state index contributed by atoms with van der Waals surface area (Å²) in [5, 5.41) is 26.8. The minimum Gasteiger partial charge on any atom is -0.479 e. The van der Waals surface area contributed by atoms with Gasteiger partial charge in [0.1, 0.15) is 6.10 Å². The van der Waals surface area contributed by atoms with Crippen molar-refractivity contribution in [1.82, 2.24) is 4.98 Å². The molecule has 82 valence electrons. The quantitative estimate of drug-likeness (QED) is 0.536. The van der Waals surface area contributed by atoms with Crippen molar-refractivity contribution >= 4 is 23.3 Å². The highest BCUT2D eigenvalue weighted by molar-refractivity contribution is 6.31. The standard InChI is InChI=1S/C8H9ClN2O4/c9-7-3(10)1-2-4(11-7)5(12)6(13)8(14)15/h1-2,5-6,12-13H,10H2,(H,14,15). The molecular formula is C8H9ClN2O4. The minimum atomic E-state index is -1.95. The van der Waals surface area contributed by atoms with Gasteiger partial charge in [-0.1, -0.05) is 11.6 Å². The lowest BCUT2D eigenvalue weighted by Gasteiger charge is -2.13. The van der Waals surface area contributed by atoms with E-state index in [9.17, 15) is 9.90 Å². The SMILES string of the molecule is Nc1ccc(C(O)C(O)C(=O)O)nc1Cl. The molecule has 0 saturated heterocycles. The Balaban J connectivity index is 2.96. The third-order valence-electron chi connectivity index (χ3n) is 1.75. The van der Waals surface area contributed by atoms with Crippen molar-refractivity contribution in [3.8, 4) is 0 Å². The summed E-state index contributed by atoms with van der Waals surface area (Å²) in [5.74, 6) is -1.54. The van der Waals surface area contributed by atoms with E-state index in [1.807, 2.05) is 0 Å². The average molecular weight is 233 g/mol. The predicted molar refractivity (Wildman–Crippen MR) is 52.3 cm³/mol. The molecule has 6 nitrogen and oxygen atoms in total. The van der Waals surface area contributed by atoms with E-state index in [-0.39, 0.29) is 16.5 Å². The van der Waals surface area contributed by atoms with Crippen LogP contribution in [0.2, 0.25) is 5.15 Å². The zero-order chi connectivity index (χ0) is 11.6. The Morgan fingerprint density at radius 2 is 2.07 bits per heavy atom. The lowest BCUT2D eigenvalue weighted by atomic mass is 10.1. The molecule has 0 aliphatic rings. The molecule has 0 aliphatic carbocycles. The molecule has 1 rings (SSSR count). The fraction of sp³-hybridized carbons (Fsp3) is 0.250. The summed E-state index contributed by atoms with van der Waals surface area (Å²) in [6.07, 6.45) is -3.59. The number of pyridine rings is 1. The predicted octanol–water partition coefficient (Wildman–Crippen LogP) is -0.204. The number of anilines is 1. The number of aliphatic hydroxyl groups is 2. The third-order valence-corrected chi connectivity index (χ3v) is 2.06. The topological polar surface area (TPSA) is 117 Å². The maximum Gasteiger partial charge on any atom is 0.335 e. The Kier molecular flexibility index (Phi) is 3.46. The van der Waals surface area contributed by atoms with Crippen LogP contribution >= 0.6 is 11.6 Å². The number of carbonyl (C=O) groups is 1. The lowest BCUT2D eigenvalue weighted by Crippen LogP contribution is -2.28. The number of aromatic nitrogens is 1. The van der Waals surface area contributed by atoms with Crippen LogP contribution in [0.3, 0.4) is 0 Å². The maximum absolute atomic E-state index is 10.4. The van der Waals surface area contributed by atoms with Crippen LogP contribution in [-0.2, 0) is 4.79 Å². The highest BCUT2D eigenvalue weighted by atomic mass is 35.5. The van der Waals surface area contributed by atoms with Gasteiger partial charge in [0, 0.05) is 0 Å². The van der Waals surface area contributed by atoms with Gasteiger partial charge >= 0.3 is 5.97 Å². The Labute approximate surface area is 89.9 Å². The van der Waals surface area contributed by atoms with E-state index in [4.69, 9.17) is 27.5 Å². The molecule has 1 heterocycles. The molecule has 7 heteroatoms. The molecule has 0 spiro atoms. The normalized spacial score (nSPS) is 14.6. The first-order chi connectivity index (χ1) is 6.93. The molecule has 1 aromatic rings. The van der Waals surface area contributed by atoms with Crippen molar-refractivity contribution in [2.45, 2.75) is 12.2 Å². The average Bonchev–Trinajstić information content (AvgIpc) is 2.19. The van der Waals surface area contributed by atoms with Gasteiger partial charge in [0.25, 0.3) is 0 Å². The van der Waals surface area contributed by atoms with Gasteiger partial charge in [-0.3, -0.25) is 0 Å². The molecule has 15 heavy (non-hydrogen) atoms. The number of nitrogens with zero attached hydrogens (tertiary/aromatic N) is 1. The fourth-order valence-corrected chi connectivity index (χ4v) is 1.08. The number of halogens is 1. The molecule has 0 amide bonds. The number of carboxylic acids is 1. The van der Waals surface area contributed by atoms with Crippen LogP contribution in [0.25, 0.3) is 0 Å². The number of nitrogen functional groups attached to an aromatic ring is 1. The van der Waals surface area contributed by atoms with E-state index in [0.717, 1.165) is 0 Å². The van der Waals surface area contributed by atoms with Crippen molar-refractivity contribution in [1.29, 1.82) is 0 Å². The van der Waals surface area contributed by atoms with E-state index in [1.54, 1.807) is 0 Å². The second kappa shape index (κ2) is 4.43. The van der Waals surface area contributed by atoms with Gasteiger partial charge in [-0.05, 0) is 12.1 Å². The van der Waals surface area contributed by atoms with E-state index < -0.39 is 18.2 Å². The van der Waals surface area contributed by atoms with E-state index in [1.165, 1.54) is 12.1 Å². The fourth-order valence-electron chi connectivity index (χ4n) is 0.921. The van der Waals surface area contributed by atoms with E-state index in [0.29, 0.717) is 0 Å². The molecule has 5 N–H and O–H groups in total. The van der Waals surface area contributed by atoms with Gasteiger partial charge in [-0.15, -0.1) is 0 Å². The largest absolute Gasteiger partial charge is 0.479 e. The summed E-state index contributed by atoms with van der Waals surface area (Å²) < 4.78 is 0. The van der Waals surface area contributed by atoms with E-state index in [2.05, 4.69) is 4.98 Å². The lowest BCUT2D eigenvalue weighted by molar-refractivity contribution is -0.153. The molecule has 0 bridgehead atoms. The molecule has 0 aromatic carbocycles. The van der Waals surface area contributed by atoms with Crippen LogP contribution in [0.5, 0.6) is 0 Å². The molecule has 0 aliphatic heterocycles. The van der Waals surface area contributed by atoms with Crippen molar-refractivity contribution in [3.63, 3.8) is 0 Å². The highest BCUT2D eigenvalue weighted by Gasteiger charge is 2.26. The summed E-state index contributed by atoms with van der Waals surface area (Å²) in [5.41, 5.74) is 5.52. The first-order valence-corrected chi connectivity index (χ1v) is 4.32. The number of aliphatic carboxylic acids is 1. The van der Waals surface area contributed by atoms with Crippen LogP contribution in [0, 0.1) is 0 Å². The van der Waals surface area contributed by atoms with E-state index >= 15 is 0 Å². The second-order valence-electron chi connectivity index (χ2n) is 2.84. The summed E-state index contributed by atoms with van der Waals surface area (Å²) in [6, 6.07) is 2.65. The van der Waals surface area contributed by atoms with Crippen LogP contribution in [0.4, 0.5) is 5.69 Å². The van der Waals surface area contributed by atoms with Gasteiger partial charge in [0.15, 0.2) is 11.3 Å². The van der Waals surface area contributed by atoms with Gasteiger partial charge < -0.3 is 21.1 Å². The molecule has 0 saturated carbocycles.